The number of oxime groups is 2. The molecule has 244 valence electrons. The van der Waals surface area contributed by atoms with Gasteiger partial charge >= 0.3 is 39.9 Å². The summed E-state index contributed by atoms with van der Waals surface area (Å²) in [5, 5.41) is 21.8. The number of nitrogens with zero attached hydrogens (tertiary/aromatic N) is 2. The first kappa shape index (κ1) is 44.7. The second-order valence-corrected chi connectivity index (χ2v) is 11.1. The fourth-order valence-electron chi connectivity index (χ4n) is 4.58. The third kappa shape index (κ3) is 16.6. The molecule has 4 nitrogen and oxygen atoms in total. The Labute approximate surface area is 319 Å². The molecule has 47 heavy (non-hydrogen) atoms. The number of hydrogen-bond acceptors (Lipinski definition) is 4. The summed E-state index contributed by atoms with van der Waals surface area (Å²) in [5.41, 5.74) is 2.29. The zero-order valence-electron chi connectivity index (χ0n) is 29.8. The fourth-order valence-corrected chi connectivity index (χ4v) is 4.58. The van der Waals surface area contributed by atoms with Crippen LogP contribution < -0.4 is 0 Å². The molecule has 2 fully saturated rings. The van der Waals surface area contributed by atoms with Crippen molar-refractivity contribution in [2.75, 3.05) is 0 Å². The normalized spacial score (nSPS) is 18.8. The maximum Gasteiger partial charge on any atom is 2.00 e. The van der Waals surface area contributed by atoms with E-state index in [2.05, 4.69) is 79.5 Å². The Bertz CT molecular complexity index is 1050. The van der Waals surface area contributed by atoms with E-state index in [0.29, 0.717) is 0 Å². The second kappa shape index (κ2) is 25.7. The number of hydrogen-bond donors (Lipinski definition) is 2. The van der Waals surface area contributed by atoms with Crippen LogP contribution in [0.1, 0.15) is 80.4 Å². The Morgan fingerprint density at radius 1 is 0.362 bits per heavy atom. The van der Waals surface area contributed by atoms with Crippen LogP contribution in [0.5, 0.6) is 0 Å². The summed E-state index contributed by atoms with van der Waals surface area (Å²) in [6.07, 6.45) is 17.3. The molecule has 0 amide bonds. The number of allylic oxidation sites excluding steroid dienone is 6. The smallest absolute Gasteiger partial charge is 0.411 e. The molecule has 10 radical (unpaired) electrons. The van der Waals surface area contributed by atoms with Crippen molar-refractivity contribution < 1.29 is 50.4 Å². The zero-order valence-corrected chi connectivity index (χ0v) is 33.9. The number of benzene rings is 2. The molecule has 2 aliphatic carbocycles. The van der Waals surface area contributed by atoms with Crippen LogP contribution in [-0.4, -0.2) is 22.8 Å². The molecule has 0 heterocycles. The first-order valence-corrected chi connectivity index (χ1v) is 15.5. The molecular formula is C42H52N2O2Th+2. The maximum atomic E-state index is 8.08. The third-order valence-corrected chi connectivity index (χ3v) is 8.55. The van der Waals surface area contributed by atoms with Crippen molar-refractivity contribution in [2.45, 2.75) is 69.2 Å². The fraction of sp³-hybridized carbons (Fsp3) is 0.238. The van der Waals surface area contributed by atoms with E-state index in [0.717, 1.165) is 11.1 Å². The van der Waals surface area contributed by atoms with Crippen LogP contribution in [0.25, 0.3) is 12.2 Å². The van der Waals surface area contributed by atoms with Crippen molar-refractivity contribution in [3.8, 4) is 0 Å². The van der Waals surface area contributed by atoms with Gasteiger partial charge in [-0.3, -0.25) is 0 Å². The van der Waals surface area contributed by atoms with Gasteiger partial charge in [0.2, 0.25) is 0 Å². The monoisotopic (exact) mass is 848 g/mol. The summed E-state index contributed by atoms with van der Waals surface area (Å²) < 4.78 is 0. The van der Waals surface area contributed by atoms with Gasteiger partial charge in [0.15, 0.2) is 0 Å². The van der Waals surface area contributed by atoms with E-state index in [4.69, 9.17) is 10.4 Å². The number of rotatable bonds is 6. The van der Waals surface area contributed by atoms with Gasteiger partial charge in [0.25, 0.3) is 0 Å². The van der Waals surface area contributed by atoms with Crippen LogP contribution in [0.3, 0.4) is 0 Å². The molecule has 2 aromatic carbocycles. The van der Waals surface area contributed by atoms with Crippen LogP contribution >= 0.6 is 0 Å². The molecule has 2 aliphatic rings. The molecule has 0 aromatic heterocycles. The minimum atomic E-state index is 0. The van der Waals surface area contributed by atoms with Gasteiger partial charge in [-0.2, -0.15) is 0 Å². The largest absolute Gasteiger partial charge is 2.00 e. The second-order valence-electron chi connectivity index (χ2n) is 11.1. The minimum Gasteiger partial charge on any atom is -0.411 e. The first-order valence-electron chi connectivity index (χ1n) is 15.5. The van der Waals surface area contributed by atoms with Crippen LogP contribution in [0.2, 0.25) is 0 Å². The van der Waals surface area contributed by atoms with Gasteiger partial charge in [-0.1, -0.05) is 177 Å². The van der Waals surface area contributed by atoms with Gasteiger partial charge in [-0.05, 0) is 82.5 Å². The van der Waals surface area contributed by atoms with Gasteiger partial charge in [-0.15, -0.1) is 0 Å². The van der Waals surface area contributed by atoms with Crippen LogP contribution in [0, 0.1) is 99.1 Å². The Kier molecular flexibility index (Phi) is 24.4. The van der Waals surface area contributed by atoms with Crippen LogP contribution in [0.4, 0.5) is 0 Å². The Morgan fingerprint density at radius 3 is 0.809 bits per heavy atom. The summed E-state index contributed by atoms with van der Waals surface area (Å²) >= 11 is 0. The van der Waals surface area contributed by atoms with Crippen molar-refractivity contribution in [1.29, 1.82) is 0 Å². The van der Waals surface area contributed by atoms with Crippen LogP contribution in [-0.2, 0) is 0 Å². The van der Waals surface area contributed by atoms with E-state index >= 15 is 0 Å². The van der Waals surface area contributed by atoms with Gasteiger partial charge < -0.3 is 10.4 Å². The van der Waals surface area contributed by atoms with Crippen molar-refractivity contribution in [1.82, 2.24) is 0 Å². The SMILES string of the molecule is C[C]1[C](C)[C](C)[C](C)[C]1C.C[C]1[C](C)[C](C)[C](C)[C]1C.O/N=C/C=C\C=C\c1ccccc1.O/N=C/C=C\C=C\c1ccccc1.[Th+2]. The van der Waals surface area contributed by atoms with E-state index in [1.807, 2.05) is 85.0 Å². The van der Waals surface area contributed by atoms with Crippen LogP contribution in [0.15, 0.2) is 107 Å². The molecule has 2 aromatic rings. The molecule has 5 heteroatoms. The molecule has 2 N–H and O–H groups in total. The van der Waals surface area contributed by atoms with Crippen molar-refractivity contribution >= 4 is 24.6 Å². The van der Waals surface area contributed by atoms with Gasteiger partial charge in [-0.25, -0.2) is 0 Å². The zero-order chi connectivity index (χ0) is 34.5. The summed E-state index contributed by atoms with van der Waals surface area (Å²) in [6, 6.07) is 20.0. The Hall–Kier alpha value is -2.34. The van der Waals surface area contributed by atoms with Gasteiger partial charge in [0.05, 0.1) is 12.4 Å². The summed E-state index contributed by atoms with van der Waals surface area (Å²) in [6.45, 7) is 22.0. The van der Waals surface area contributed by atoms with Gasteiger partial charge in [0.1, 0.15) is 0 Å². The molecule has 0 spiro atoms. The average Bonchev–Trinajstić information content (AvgIpc) is 3.35. The van der Waals surface area contributed by atoms with E-state index in [-0.39, 0.29) is 39.9 Å². The minimum absolute atomic E-state index is 0. The molecule has 0 unspecified atom stereocenters. The third-order valence-electron chi connectivity index (χ3n) is 8.55. The van der Waals surface area contributed by atoms with E-state index in [9.17, 15) is 0 Å². The standard InChI is InChI=1S/2C11H11NO.2C10H15.Th/c2*13-12-10-6-2-5-9-11-7-3-1-4-8-11;2*1-6-7(2)9(4)10(5)8(6)3;/h2*1-10,13H;2*1-5H3;/q;;;;+2/b2*6-2-,9-5+,12-10+;;;. The maximum absolute atomic E-state index is 8.08. The molecule has 2 saturated carbocycles. The van der Waals surface area contributed by atoms with Crippen molar-refractivity contribution in [2.24, 2.45) is 10.3 Å². The predicted molar refractivity (Wildman–Crippen MR) is 199 cm³/mol. The molecule has 0 atom stereocenters. The molecule has 4 rings (SSSR count). The quantitative estimate of drug-likeness (QED) is 0.132. The molecule has 0 aliphatic heterocycles. The van der Waals surface area contributed by atoms with E-state index in [1.165, 1.54) is 71.6 Å². The predicted octanol–water partition coefficient (Wildman–Crippen LogP) is 11.4. The molecular weight excluding hydrogens is 797 g/mol. The molecule has 0 saturated heterocycles. The van der Waals surface area contributed by atoms with Crippen molar-refractivity contribution in [3.63, 3.8) is 0 Å². The summed E-state index contributed by atoms with van der Waals surface area (Å²) in [7, 11) is 0. The van der Waals surface area contributed by atoms with Crippen molar-refractivity contribution in [3.05, 3.63) is 167 Å². The Morgan fingerprint density at radius 2 is 0.596 bits per heavy atom. The Balaban J connectivity index is 0.000000600. The van der Waals surface area contributed by atoms with Gasteiger partial charge in [0, 0.05) is 0 Å². The van der Waals surface area contributed by atoms with E-state index < -0.39 is 0 Å². The average molecular weight is 849 g/mol. The summed E-state index contributed by atoms with van der Waals surface area (Å²) in [4.78, 5) is 0. The summed E-state index contributed by atoms with van der Waals surface area (Å²) in [5.74, 6) is 14.7. The van der Waals surface area contributed by atoms with E-state index in [1.54, 1.807) is 24.3 Å². The topological polar surface area (TPSA) is 65.2 Å². The first-order chi connectivity index (χ1) is 22.0. The molecule has 0 bridgehead atoms.